The van der Waals surface area contributed by atoms with Crippen molar-refractivity contribution in [2.24, 2.45) is 0 Å². The molecule has 0 aromatic rings. The largest absolute Gasteiger partial charge is 0.352 e. The zero-order valence-corrected chi connectivity index (χ0v) is 8.09. The zero-order chi connectivity index (χ0) is 8.69. The van der Waals surface area contributed by atoms with Crippen molar-refractivity contribution in [2.45, 2.75) is 52.7 Å². The smallest absolute Gasteiger partial charge is 0.147 e. The average Bonchev–Trinajstić information content (AvgIpc) is 2.04. The van der Waals surface area contributed by atoms with Gasteiger partial charge in [0, 0.05) is 0 Å². The SMILES string of the molecule is CCC(C)OCOC(C)CC. The van der Waals surface area contributed by atoms with Crippen LogP contribution in [-0.4, -0.2) is 19.0 Å². The fourth-order valence-electron chi connectivity index (χ4n) is 0.507. The molecule has 0 aliphatic heterocycles. The van der Waals surface area contributed by atoms with E-state index in [9.17, 15) is 0 Å². The maximum absolute atomic E-state index is 5.34. The van der Waals surface area contributed by atoms with Gasteiger partial charge in [-0.2, -0.15) is 0 Å². The van der Waals surface area contributed by atoms with Gasteiger partial charge in [-0.1, -0.05) is 13.8 Å². The van der Waals surface area contributed by atoms with Crippen LogP contribution in [-0.2, 0) is 9.47 Å². The van der Waals surface area contributed by atoms with Gasteiger partial charge < -0.3 is 9.47 Å². The molecule has 2 atom stereocenters. The van der Waals surface area contributed by atoms with Crippen molar-refractivity contribution >= 4 is 0 Å². The van der Waals surface area contributed by atoms with Gasteiger partial charge in [-0.25, -0.2) is 0 Å². The Balaban J connectivity index is 3.13. The third-order valence-electron chi connectivity index (χ3n) is 1.85. The Morgan fingerprint density at radius 1 is 0.909 bits per heavy atom. The van der Waals surface area contributed by atoms with Gasteiger partial charge in [0.15, 0.2) is 0 Å². The molecule has 2 heteroatoms. The van der Waals surface area contributed by atoms with Crippen molar-refractivity contribution in [3.05, 3.63) is 0 Å². The van der Waals surface area contributed by atoms with Crippen LogP contribution in [0.1, 0.15) is 40.5 Å². The molecule has 0 aromatic carbocycles. The molecule has 0 amide bonds. The fraction of sp³-hybridized carbons (Fsp3) is 1.00. The van der Waals surface area contributed by atoms with E-state index >= 15 is 0 Å². The molecule has 0 rings (SSSR count). The summed E-state index contributed by atoms with van der Waals surface area (Å²) in [5.74, 6) is 0. The van der Waals surface area contributed by atoms with Crippen LogP contribution in [0.2, 0.25) is 0 Å². The first-order valence-corrected chi connectivity index (χ1v) is 4.43. The van der Waals surface area contributed by atoms with Crippen molar-refractivity contribution in [1.82, 2.24) is 0 Å². The van der Waals surface area contributed by atoms with E-state index in [1.165, 1.54) is 0 Å². The van der Waals surface area contributed by atoms with Gasteiger partial charge in [-0.05, 0) is 26.7 Å². The zero-order valence-electron chi connectivity index (χ0n) is 8.09. The summed E-state index contributed by atoms with van der Waals surface area (Å²) in [7, 11) is 0. The van der Waals surface area contributed by atoms with E-state index in [0.717, 1.165) is 12.8 Å². The van der Waals surface area contributed by atoms with E-state index in [4.69, 9.17) is 9.47 Å². The number of rotatable bonds is 6. The Morgan fingerprint density at radius 2 is 1.27 bits per heavy atom. The Labute approximate surface area is 69.9 Å². The monoisotopic (exact) mass is 160 g/mol. The summed E-state index contributed by atoms with van der Waals surface area (Å²) in [5, 5.41) is 0. The minimum Gasteiger partial charge on any atom is -0.352 e. The van der Waals surface area contributed by atoms with Gasteiger partial charge in [0.25, 0.3) is 0 Å². The molecule has 0 N–H and O–H groups in total. The molecule has 0 spiro atoms. The predicted molar refractivity (Wildman–Crippen MR) is 46.5 cm³/mol. The molecule has 0 aliphatic rings. The minimum absolute atomic E-state index is 0.319. The summed E-state index contributed by atoms with van der Waals surface area (Å²) in [6.45, 7) is 8.76. The molecule has 11 heavy (non-hydrogen) atoms. The van der Waals surface area contributed by atoms with Crippen LogP contribution in [0.25, 0.3) is 0 Å². The molecular weight excluding hydrogens is 140 g/mol. The van der Waals surface area contributed by atoms with Crippen molar-refractivity contribution in [1.29, 1.82) is 0 Å². The number of hydrogen-bond donors (Lipinski definition) is 0. The molecule has 2 nitrogen and oxygen atoms in total. The van der Waals surface area contributed by atoms with Crippen LogP contribution in [0.3, 0.4) is 0 Å². The maximum Gasteiger partial charge on any atom is 0.147 e. The highest BCUT2D eigenvalue weighted by Crippen LogP contribution is 1.99. The number of ether oxygens (including phenoxy) is 2. The molecule has 0 aliphatic carbocycles. The van der Waals surface area contributed by atoms with Gasteiger partial charge in [0.05, 0.1) is 12.2 Å². The summed E-state index contributed by atoms with van der Waals surface area (Å²) in [5.41, 5.74) is 0. The van der Waals surface area contributed by atoms with Crippen LogP contribution in [0.4, 0.5) is 0 Å². The van der Waals surface area contributed by atoms with E-state index in [0.29, 0.717) is 19.0 Å². The minimum atomic E-state index is 0.319. The second-order valence-corrected chi connectivity index (χ2v) is 2.89. The molecule has 2 unspecified atom stereocenters. The van der Waals surface area contributed by atoms with Crippen LogP contribution < -0.4 is 0 Å². The van der Waals surface area contributed by atoms with Crippen molar-refractivity contribution < 1.29 is 9.47 Å². The molecule has 0 heterocycles. The standard InChI is InChI=1S/C9H20O2/c1-5-8(3)10-7-11-9(4)6-2/h8-9H,5-7H2,1-4H3. The lowest BCUT2D eigenvalue weighted by atomic mass is 10.3. The normalized spacial score (nSPS) is 16.4. The Hall–Kier alpha value is -0.0800. The summed E-state index contributed by atoms with van der Waals surface area (Å²) in [4.78, 5) is 0. The lowest BCUT2D eigenvalue weighted by Crippen LogP contribution is -2.14. The third-order valence-corrected chi connectivity index (χ3v) is 1.85. The molecule has 68 valence electrons. The van der Waals surface area contributed by atoms with E-state index < -0.39 is 0 Å². The van der Waals surface area contributed by atoms with Gasteiger partial charge in [0.1, 0.15) is 6.79 Å². The lowest BCUT2D eigenvalue weighted by Gasteiger charge is -2.14. The molecule has 0 fully saturated rings. The van der Waals surface area contributed by atoms with E-state index in [1.54, 1.807) is 0 Å². The van der Waals surface area contributed by atoms with Crippen LogP contribution in [0.5, 0.6) is 0 Å². The first-order valence-electron chi connectivity index (χ1n) is 4.43. The van der Waals surface area contributed by atoms with E-state index in [-0.39, 0.29) is 0 Å². The van der Waals surface area contributed by atoms with Crippen molar-refractivity contribution in [3.8, 4) is 0 Å². The fourth-order valence-corrected chi connectivity index (χ4v) is 0.507. The first-order chi connectivity index (χ1) is 5.20. The Bertz CT molecular complexity index is 73.6. The summed E-state index contributed by atoms with van der Waals surface area (Å²) in [6.07, 6.45) is 2.73. The van der Waals surface area contributed by atoms with Gasteiger partial charge >= 0.3 is 0 Å². The lowest BCUT2D eigenvalue weighted by molar-refractivity contribution is -0.110. The highest BCUT2D eigenvalue weighted by molar-refractivity contribution is 4.43. The third kappa shape index (κ3) is 6.32. The van der Waals surface area contributed by atoms with Crippen molar-refractivity contribution in [3.63, 3.8) is 0 Å². The molecule has 0 aromatic heterocycles. The molecule has 0 saturated carbocycles. The van der Waals surface area contributed by atoms with Crippen LogP contribution in [0.15, 0.2) is 0 Å². The number of hydrogen-bond acceptors (Lipinski definition) is 2. The van der Waals surface area contributed by atoms with E-state index in [2.05, 4.69) is 27.7 Å². The van der Waals surface area contributed by atoms with Crippen LogP contribution in [0, 0.1) is 0 Å². The predicted octanol–water partition coefficient (Wildman–Crippen LogP) is 2.57. The second-order valence-electron chi connectivity index (χ2n) is 2.89. The summed E-state index contributed by atoms with van der Waals surface area (Å²) >= 11 is 0. The molecular formula is C9H20O2. The van der Waals surface area contributed by atoms with Crippen LogP contribution >= 0.6 is 0 Å². The average molecular weight is 160 g/mol. The second kappa shape index (κ2) is 6.62. The topological polar surface area (TPSA) is 18.5 Å². The Kier molecular flexibility index (Phi) is 6.57. The first kappa shape index (κ1) is 10.9. The van der Waals surface area contributed by atoms with Gasteiger partial charge in [0.2, 0.25) is 0 Å². The quantitative estimate of drug-likeness (QED) is 0.556. The highest BCUT2D eigenvalue weighted by atomic mass is 16.7. The van der Waals surface area contributed by atoms with E-state index in [1.807, 2.05) is 0 Å². The molecule has 0 saturated heterocycles. The van der Waals surface area contributed by atoms with Gasteiger partial charge in [-0.3, -0.25) is 0 Å². The Morgan fingerprint density at radius 3 is 1.55 bits per heavy atom. The highest BCUT2D eigenvalue weighted by Gasteiger charge is 2.00. The maximum atomic E-state index is 5.34. The van der Waals surface area contributed by atoms with Gasteiger partial charge in [-0.15, -0.1) is 0 Å². The summed E-state index contributed by atoms with van der Waals surface area (Å²) < 4.78 is 10.7. The summed E-state index contributed by atoms with van der Waals surface area (Å²) in [6, 6.07) is 0. The molecule has 0 radical (unpaired) electrons. The van der Waals surface area contributed by atoms with Crippen molar-refractivity contribution in [2.75, 3.05) is 6.79 Å². The molecule has 0 bridgehead atoms.